The van der Waals surface area contributed by atoms with Gasteiger partial charge < -0.3 is 5.32 Å². The minimum Gasteiger partial charge on any atom is -0.350 e. The molecule has 2 nitrogen and oxygen atoms in total. The Labute approximate surface area is 101 Å². The second-order valence-electron chi connectivity index (χ2n) is 4.63. The Hall–Kier alpha value is -0.0500. The molecule has 15 heavy (non-hydrogen) atoms. The van der Waals surface area contributed by atoms with Crippen LogP contribution in [0.15, 0.2) is 0 Å². The van der Waals surface area contributed by atoms with Gasteiger partial charge in [0.1, 0.15) is 0 Å². The summed E-state index contributed by atoms with van der Waals surface area (Å²) in [6.07, 6.45) is 8.87. The molecule has 3 heteroatoms. The van der Waals surface area contributed by atoms with E-state index in [4.69, 9.17) is 0 Å². The molecule has 1 amide bonds. The number of halogens is 1. The zero-order valence-electron chi connectivity index (χ0n) is 9.65. The van der Waals surface area contributed by atoms with Crippen molar-refractivity contribution in [2.45, 2.75) is 63.8 Å². The Morgan fingerprint density at radius 3 is 2.53 bits per heavy atom. The molecule has 0 aromatic heterocycles. The van der Waals surface area contributed by atoms with Crippen LogP contribution in [0.4, 0.5) is 0 Å². The molecule has 1 N–H and O–H groups in total. The second-order valence-corrected chi connectivity index (χ2v) is 5.19. The van der Waals surface area contributed by atoms with E-state index in [2.05, 4.69) is 28.2 Å². The van der Waals surface area contributed by atoms with Crippen molar-refractivity contribution in [1.29, 1.82) is 0 Å². The van der Waals surface area contributed by atoms with E-state index in [1.54, 1.807) is 0 Å². The standard InChI is InChI=1S/C12H22BrNO/c1-2-3-7-11(15)14-12(10-13)8-5-4-6-9-12/h2-10H2,1H3,(H,14,15). The Morgan fingerprint density at radius 2 is 2.00 bits per heavy atom. The smallest absolute Gasteiger partial charge is 0.220 e. The van der Waals surface area contributed by atoms with Crippen LogP contribution in [0.1, 0.15) is 58.3 Å². The quantitative estimate of drug-likeness (QED) is 0.766. The van der Waals surface area contributed by atoms with Crippen LogP contribution in [0, 0.1) is 0 Å². The summed E-state index contributed by atoms with van der Waals surface area (Å²) in [6.45, 7) is 2.12. The molecule has 0 aromatic carbocycles. The molecule has 1 aliphatic rings. The highest BCUT2D eigenvalue weighted by molar-refractivity contribution is 9.09. The van der Waals surface area contributed by atoms with E-state index in [9.17, 15) is 4.79 Å². The van der Waals surface area contributed by atoms with Crippen LogP contribution in [0.5, 0.6) is 0 Å². The van der Waals surface area contributed by atoms with Gasteiger partial charge >= 0.3 is 0 Å². The number of nitrogens with one attached hydrogen (secondary N) is 1. The van der Waals surface area contributed by atoms with E-state index < -0.39 is 0 Å². The van der Waals surface area contributed by atoms with Crippen LogP contribution in [0.25, 0.3) is 0 Å². The van der Waals surface area contributed by atoms with Crippen LogP contribution in [-0.2, 0) is 4.79 Å². The van der Waals surface area contributed by atoms with Crippen molar-refractivity contribution >= 4 is 21.8 Å². The second kappa shape index (κ2) is 6.51. The van der Waals surface area contributed by atoms with Gasteiger partial charge in [-0.15, -0.1) is 0 Å². The lowest BCUT2D eigenvalue weighted by Crippen LogP contribution is -2.51. The summed E-state index contributed by atoms with van der Waals surface area (Å²) in [5.74, 6) is 0.234. The zero-order valence-corrected chi connectivity index (χ0v) is 11.2. The fourth-order valence-electron chi connectivity index (χ4n) is 2.22. The SMILES string of the molecule is CCCCC(=O)NC1(CBr)CCCCC1. The number of hydrogen-bond acceptors (Lipinski definition) is 1. The topological polar surface area (TPSA) is 29.1 Å². The predicted molar refractivity (Wildman–Crippen MR) is 67.3 cm³/mol. The van der Waals surface area contributed by atoms with Gasteiger partial charge in [0.2, 0.25) is 5.91 Å². The summed E-state index contributed by atoms with van der Waals surface area (Å²) in [4.78, 5) is 11.7. The Morgan fingerprint density at radius 1 is 1.33 bits per heavy atom. The molecule has 1 rings (SSSR count). The number of unbranched alkanes of at least 4 members (excludes halogenated alkanes) is 1. The van der Waals surface area contributed by atoms with Crippen LogP contribution in [0.2, 0.25) is 0 Å². The number of alkyl halides is 1. The molecule has 0 saturated heterocycles. The first-order valence-corrected chi connectivity index (χ1v) is 7.21. The zero-order chi connectivity index (χ0) is 11.1. The molecule has 1 fully saturated rings. The van der Waals surface area contributed by atoms with Gasteiger partial charge in [0.25, 0.3) is 0 Å². The van der Waals surface area contributed by atoms with Crippen molar-refractivity contribution in [1.82, 2.24) is 5.32 Å². The number of rotatable bonds is 5. The summed E-state index contributed by atoms with van der Waals surface area (Å²) >= 11 is 3.55. The molecule has 0 bridgehead atoms. The van der Waals surface area contributed by atoms with Gasteiger partial charge in [-0.25, -0.2) is 0 Å². The van der Waals surface area contributed by atoms with Gasteiger partial charge in [-0.05, 0) is 19.3 Å². The first kappa shape index (κ1) is 13.0. The summed E-state index contributed by atoms with van der Waals surface area (Å²) in [5, 5.41) is 4.13. The number of hydrogen-bond donors (Lipinski definition) is 1. The third-order valence-electron chi connectivity index (χ3n) is 3.23. The van der Waals surface area contributed by atoms with Gasteiger partial charge in [0.05, 0.1) is 0 Å². The van der Waals surface area contributed by atoms with Crippen LogP contribution in [-0.4, -0.2) is 16.8 Å². The van der Waals surface area contributed by atoms with Crippen molar-refractivity contribution in [3.05, 3.63) is 0 Å². The highest BCUT2D eigenvalue weighted by Gasteiger charge is 2.31. The number of amides is 1. The Kier molecular flexibility index (Phi) is 5.65. The normalized spacial score (nSPS) is 19.9. The maximum atomic E-state index is 11.7. The van der Waals surface area contributed by atoms with E-state index in [1.165, 1.54) is 19.3 Å². The van der Waals surface area contributed by atoms with Crippen LogP contribution in [0.3, 0.4) is 0 Å². The molecule has 88 valence electrons. The molecular formula is C12H22BrNO. The summed E-state index contributed by atoms with van der Waals surface area (Å²) in [7, 11) is 0. The molecule has 0 aliphatic heterocycles. The third-order valence-corrected chi connectivity index (χ3v) is 4.30. The van der Waals surface area contributed by atoms with Gasteiger partial charge in [-0.3, -0.25) is 4.79 Å². The monoisotopic (exact) mass is 275 g/mol. The average Bonchev–Trinajstić information content (AvgIpc) is 2.27. The minimum absolute atomic E-state index is 0.0586. The highest BCUT2D eigenvalue weighted by Crippen LogP contribution is 2.29. The van der Waals surface area contributed by atoms with Crippen LogP contribution < -0.4 is 5.32 Å². The molecule has 1 saturated carbocycles. The van der Waals surface area contributed by atoms with E-state index >= 15 is 0 Å². The van der Waals surface area contributed by atoms with Crippen LogP contribution >= 0.6 is 15.9 Å². The van der Waals surface area contributed by atoms with E-state index in [0.29, 0.717) is 6.42 Å². The number of carbonyl (C=O) groups is 1. The minimum atomic E-state index is 0.0586. The summed E-state index contributed by atoms with van der Waals surface area (Å²) in [5.41, 5.74) is 0.0586. The van der Waals surface area contributed by atoms with E-state index in [0.717, 1.165) is 31.0 Å². The molecule has 0 aromatic rings. The average molecular weight is 276 g/mol. The largest absolute Gasteiger partial charge is 0.350 e. The van der Waals surface area contributed by atoms with E-state index in [1.807, 2.05) is 0 Å². The lowest BCUT2D eigenvalue weighted by atomic mass is 9.83. The predicted octanol–water partition coefficient (Wildman–Crippen LogP) is 3.39. The molecule has 1 aliphatic carbocycles. The lowest BCUT2D eigenvalue weighted by Gasteiger charge is -2.36. The Balaban J connectivity index is 2.40. The summed E-state index contributed by atoms with van der Waals surface area (Å²) < 4.78 is 0. The molecular weight excluding hydrogens is 254 g/mol. The third kappa shape index (κ3) is 4.13. The van der Waals surface area contributed by atoms with Crippen molar-refractivity contribution in [3.8, 4) is 0 Å². The maximum absolute atomic E-state index is 11.7. The van der Waals surface area contributed by atoms with Gasteiger partial charge in [0.15, 0.2) is 0 Å². The van der Waals surface area contributed by atoms with Crippen molar-refractivity contribution in [2.75, 3.05) is 5.33 Å². The maximum Gasteiger partial charge on any atom is 0.220 e. The highest BCUT2D eigenvalue weighted by atomic mass is 79.9. The summed E-state index contributed by atoms with van der Waals surface area (Å²) in [6, 6.07) is 0. The molecule has 0 radical (unpaired) electrons. The molecule has 0 spiro atoms. The van der Waals surface area contributed by atoms with E-state index in [-0.39, 0.29) is 11.4 Å². The number of carbonyl (C=O) groups excluding carboxylic acids is 1. The van der Waals surface area contributed by atoms with Crippen molar-refractivity contribution in [2.24, 2.45) is 0 Å². The first-order chi connectivity index (χ1) is 7.22. The molecule has 0 unspecified atom stereocenters. The fraction of sp³-hybridized carbons (Fsp3) is 0.917. The lowest BCUT2D eigenvalue weighted by molar-refractivity contribution is -0.123. The van der Waals surface area contributed by atoms with Crippen molar-refractivity contribution < 1.29 is 4.79 Å². The first-order valence-electron chi connectivity index (χ1n) is 6.09. The van der Waals surface area contributed by atoms with Crippen molar-refractivity contribution in [3.63, 3.8) is 0 Å². The van der Waals surface area contributed by atoms with Gasteiger partial charge in [-0.1, -0.05) is 48.5 Å². The van der Waals surface area contributed by atoms with Gasteiger partial charge in [-0.2, -0.15) is 0 Å². The molecule has 0 heterocycles. The van der Waals surface area contributed by atoms with Gasteiger partial charge in [0, 0.05) is 17.3 Å². The fourth-order valence-corrected chi connectivity index (χ4v) is 2.92. The Bertz CT molecular complexity index is 200. The molecule has 0 atom stereocenters.